The molecule has 0 saturated carbocycles. The van der Waals surface area contributed by atoms with Crippen LogP contribution in [0.25, 0.3) is 0 Å². The van der Waals surface area contributed by atoms with Crippen LogP contribution in [0, 0.1) is 17.1 Å². The maximum absolute atomic E-state index is 13.6. The van der Waals surface area contributed by atoms with Gasteiger partial charge in [-0.25, -0.2) is 17.7 Å². The number of carbonyl (C=O) groups is 2. The maximum Gasteiger partial charge on any atom is 0.252 e. The first kappa shape index (κ1) is 23.6. The summed E-state index contributed by atoms with van der Waals surface area (Å²) < 4.78 is 41.5. The minimum absolute atomic E-state index is 0.224. The molecule has 3 aromatic carbocycles. The minimum atomic E-state index is -4.32. The molecule has 0 aromatic heterocycles. The van der Waals surface area contributed by atoms with E-state index in [1.807, 2.05) is 6.07 Å². The van der Waals surface area contributed by atoms with Gasteiger partial charge in [-0.2, -0.15) is 9.57 Å². The molecule has 1 saturated heterocycles. The van der Waals surface area contributed by atoms with Crippen molar-refractivity contribution in [3.05, 3.63) is 94.8 Å². The summed E-state index contributed by atoms with van der Waals surface area (Å²) in [7, 11) is -4.32. The van der Waals surface area contributed by atoms with Gasteiger partial charge in [0.05, 0.1) is 28.6 Å². The fourth-order valence-electron chi connectivity index (χ4n) is 3.70. The average Bonchev–Trinajstić information content (AvgIpc) is 3.12. The van der Waals surface area contributed by atoms with Crippen molar-refractivity contribution < 1.29 is 22.4 Å². The highest BCUT2D eigenvalue weighted by Crippen LogP contribution is 2.32. The number of anilines is 1. The zero-order valence-corrected chi connectivity index (χ0v) is 19.1. The summed E-state index contributed by atoms with van der Waals surface area (Å²) in [5.41, 5.74) is 1.01. The first-order valence-corrected chi connectivity index (χ1v) is 11.9. The van der Waals surface area contributed by atoms with Gasteiger partial charge in [0.2, 0.25) is 15.9 Å². The first-order chi connectivity index (χ1) is 16.2. The Balaban J connectivity index is 1.76. The summed E-state index contributed by atoms with van der Waals surface area (Å²) >= 11 is 6.25. The number of carbonyl (C=O) groups excluding carboxylic acids is 2. The Bertz CT molecular complexity index is 1400. The van der Waals surface area contributed by atoms with Crippen LogP contribution in [0.2, 0.25) is 5.02 Å². The predicted molar refractivity (Wildman–Crippen MR) is 123 cm³/mol. The van der Waals surface area contributed by atoms with Crippen molar-refractivity contribution in [1.82, 2.24) is 4.31 Å². The Morgan fingerprint density at radius 1 is 1.03 bits per heavy atom. The van der Waals surface area contributed by atoms with Gasteiger partial charge in [0.25, 0.3) is 5.91 Å². The molecule has 10 heteroatoms. The van der Waals surface area contributed by atoms with Crippen LogP contribution in [0.4, 0.5) is 10.1 Å². The van der Waals surface area contributed by atoms with Gasteiger partial charge < -0.3 is 0 Å². The van der Waals surface area contributed by atoms with Crippen LogP contribution in [0.15, 0.2) is 77.7 Å². The Morgan fingerprint density at radius 2 is 1.68 bits per heavy atom. The number of nitriles is 1. The third-order valence-corrected chi connectivity index (χ3v) is 7.67. The second-order valence-electron chi connectivity index (χ2n) is 7.54. The highest BCUT2D eigenvalue weighted by molar-refractivity contribution is 7.89. The van der Waals surface area contributed by atoms with E-state index < -0.39 is 33.7 Å². The van der Waals surface area contributed by atoms with Crippen molar-refractivity contribution in [2.75, 3.05) is 4.90 Å². The van der Waals surface area contributed by atoms with Crippen molar-refractivity contribution in [2.45, 2.75) is 23.9 Å². The van der Waals surface area contributed by atoms with E-state index in [2.05, 4.69) is 0 Å². The number of imide groups is 1. The topological polar surface area (TPSA) is 98.5 Å². The van der Waals surface area contributed by atoms with Crippen LogP contribution in [-0.2, 0) is 26.2 Å². The molecule has 1 aliphatic rings. The molecule has 1 fully saturated rings. The summed E-state index contributed by atoms with van der Waals surface area (Å²) in [5, 5.41) is 9.28. The number of sulfonamides is 1. The van der Waals surface area contributed by atoms with Crippen LogP contribution < -0.4 is 4.90 Å². The van der Waals surface area contributed by atoms with Crippen molar-refractivity contribution in [3.63, 3.8) is 0 Å². The van der Waals surface area contributed by atoms with Crippen LogP contribution in [-0.4, -0.2) is 30.6 Å². The Morgan fingerprint density at radius 3 is 2.29 bits per heavy atom. The lowest BCUT2D eigenvalue weighted by molar-refractivity contribution is -0.122. The minimum Gasteiger partial charge on any atom is -0.274 e. The van der Waals surface area contributed by atoms with Crippen LogP contribution in [0.3, 0.4) is 0 Å². The fourth-order valence-corrected chi connectivity index (χ4v) is 5.45. The normalized spacial score (nSPS) is 16.2. The molecule has 4 rings (SSSR count). The monoisotopic (exact) mass is 497 g/mol. The van der Waals surface area contributed by atoms with Crippen molar-refractivity contribution in [3.8, 4) is 6.07 Å². The van der Waals surface area contributed by atoms with Gasteiger partial charge in [-0.1, -0.05) is 29.8 Å². The summed E-state index contributed by atoms with van der Waals surface area (Å²) in [6, 6.07) is 17.2. The predicted octanol–water partition coefficient (Wildman–Crippen LogP) is 3.87. The molecule has 3 aromatic rings. The molecule has 0 radical (unpaired) electrons. The van der Waals surface area contributed by atoms with E-state index in [1.54, 1.807) is 24.3 Å². The Labute approximate surface area is 200 Å². The molecular weight excluding hydrogens is 481 g/mol. The maximum atomic E-state index is 13.6. The third kappa shape index (κ3) is 4.43. The van der Waals surface area contributed by atoms with Crippen LogP contribution in [0.1, 0.15) is 17.5 Å². The van der Waals surface area contributed by atoms with Gasteiger partial charge in [-0.15, -0.1) is 0 Å². The molecule has 0 bridgehead atoms. The number of benzene rings is 3. The van der Waals surface area contributed by atoms with E-state index in [9.17, 15) is 22.4 Å². The molecule has 34 heavy (non-hydrogen) atoms. The van der Waals surface area contributed by atoms with Gasteiger partial charge in [0, 0.05) is 11.6 Å². The number of halogens is 2. The summed E-state index contributed by atoms with van der Waals surface area (Å²) in [6.45, 7) is -0.274. The van der Waals surface area contributed by atoms with Crippen molar-refractivity contribution in [2.24, 2.45) is 0 Å². The number of hydrogen-bond acceptors (Lipinski definition) is 5. The highest BCUT2D eigenvalue weighted by Gasteiger charge is 2.47. The smallest absolute Gasteiger partial charge is 0.252 e. The van der Waals surface area contributed by atoms with E-state index >= 15 is 0 Å². The number of amides is 2. The zero-order chi connectivity index (χ0) is 24.5. The molecule has 0 spiro atoms. The van der Waals surface area contributed by atoms with Gasteiger partial charge in [-0.3, -0.25) is 9.59 Å². The van der Waals surface area contributed by atoms with E-state index in [4.69, 9.17) is 16.9 Å². The molecular formula is C24H17ClFN3O4S. The molecule has 1 unspecified atom stereocenters. The van der Waals surface area contributed by atoms with Gasteiger partial charge in [-0.05, 0) is 60.2 Å². The Kier molecular flexibility index (Phi) is 6.48. The SMILES string of the molecule is N#Cc1ccc(N2C(=O)CC(N(Cc3ccccc3Cl)S(=O)(=O)c3ccc(F)cc3)C2=O)cc1. The van der Waals surface area contributed by atoms with Crippen LogP contribution in [0.5, 0.6) is 0 Å². The van der Waals surface area contributed by atoms with E-state index in [1.165, 1.54) is 24.3 Å². The molecule has 0 aliphatic carbocycles. The fraction of sp³-hybridized carbons (Fsp3) is 0.125. The third-order valence-electron chi connectivity index (χ3n) is 5.43. The summed E-state index contributed by atoms with van der Waals surface area (Å²) in [5.74, 6) is -1.93. The molecule has 0 N–H and O–H groups in total. The molecule has 1 aliphatic heterocycles. The zero-order valence-electron chi connectivity index (χ0n) is 17.6. The lowest BCUT2D eigenvalue weighted by Gasteiger charge is -2.27. The molecule has 2 amide bonds. The highest BCUT2D eigenvalue weighted by atomic mass is 35.5. The van der Waals surface area contributed by atoms with Crippen LogP contribution >= 0.6 is 11.6 Å². The second kappa shape index (κ2) is 9.35. The molecule has 172 valence electrons. The standard InChI is InChI=1S/C24H17ClFN3O4S/c25-21-4-2-1-3-17(21)15-28(34(32,33)20-11-7-18(26)8-12-20)22-13-23(30)29(24(22)31)19-9-5-16(14-27)6-10-19/h1-12,22H,13,15H2. The van der Waals surface area contributed by atoms with E-state index in [0.29, 0.717) is 16.1 Å². The second-order valence-corrected chi connectivity index (χ2v) is 9.84. The lowest BCUT2D eigenvalue weighted by atomic mass is 10.2. The number of nitrogens with zero attached hydrogens (tertiary/aromatic N) is 3. The van der Waals surface area contributed by atoms with Gasteiger partial charge >= 0.3 is 0 Å². The molecule has 1 heterocycles. The van der Waals surface area contributed by atoms with Gasteiger partial charge in [0.15, 0.2) is 0 Å². The quantitative estimate of drug-likeness (QED) is 0.481. The van der Waals surface area contributed by atoms with Crippen molar-refractivity contribution in [1.29, 1.82) is 5.26 Å². The largest absolute Gasteiger partial charge is 0.274 e. The number of hydrogen-bond donors (Lipinski definition) is 0. The average molecular weight is 498 g/mol. The summed E-state index contributed by atoms with van der Waals surface area (Å²) in [4.78, 5) is 26.9. The molecule has 1 atom stereocenters. The van der Waals surface area contributed by atoms with Gasteiger partial charge in [0.1, 0.15) is 11.9 Å². The molecule has 7 nitrogen and oxygen atoms in total. The van der Waals surface area contributed by atoms with Crippen molar-refractivity contribution >= 4 is 39.1 Å². The lowest BCUT2D eigenvalue weighted by Crippen LogP contribution is -2.45. The Hall–Kier alpha value is -3.58. The number of rotatable bonds is 6. The van der Waals surface area contributed by atoms with E-state index in [-0.39, 0.29) is 23.5 Å². The first-order valence-electron chi connectivity index (χ1n) is 10.1. The summed E-state index contributed by atoms with van der Waals surface area (Å²) in [6.07, 6.45) is -0.385. The van der Waals surface area contributed by atoms with E-state index in [0.717, 1.165) is 33.5 Å².